The van der Waals surface area contributed by atoms with E-state index in [2.05, 4.69) is 20.9 Å². The first-order chi connectivity index (χ1) is 8.65. The molecule has 3 rings (SSSR count). The van der Waals surface area contributed by atoms with Gasteiger partial charge in [-0.25, -0.2) is 9.37 Å². The van der Waals surface area contributed by atoms with Crippen LogP contribution in [0.5, 0.6) is 0 Å². The zero-order valence-electron chi connectivity index (χ0n) is 9.23. The molecule has 2 heterocycles. The van der Waals surface area contributed by atoms with Gasteiger partial charge in [0.2, 0.25) is 5.95 Å². The molecule has 3 aromatic rings. The fraction of sp³-hybridized carbons (Fsp3) is 0.0833. The number of fused-ring (bicyclic) bond motifs is 1. The first-order valence-electron chi connectivity index (χ1n) is 5.27. The molecular weight excluding hydrogens is 301 g/mol. The quantitative estimate of drug-likeness (QED) is 0.791. The molecule has 0 unspecified atom stereocenters. The van der Waals surface area contributed by atoms with E-state index in [9.17, 15) is 4.39 Å². The summed E-state index contributed by atoms with van der Waals surface area (Å²) < 4.78 is 20.6. The van der Waals surface area contributed by atoms with Crippen LogP contribution in [0.4, 0.5) is 10.3 Å². The number of nitrogens with zero attached hydrogens (tertiary/aromatic N) is 2. The fourth-order valence-electron chi connectivity index (χ4n) is 1.87. The Balaban J connectivity index is 2.16. The minimum atomic E-state index is -0.351. The van der Waals surface area contributed by atoms with Gasteiger partial charge in [-0.05, 0) is 28.1 Å². The maximum absolute atomic E-state index is 13.4. The Hall–Kier alpha value is -1.82. The molecule has 0 spiro atoms. The van der Waals surface area contributed by atoms with Crippen molar-refractivity contribution in [2.24, 2.45) is 0 Å². The van der Waals surface area contributed by atoms with Gasteiger partial charge in [0.1, 0.15) is 5.82 Å². The molecular formula is C12H9BrFN3O. The molecule has 0 amide bonds. The summed E-state index contributed by atoms with van der Waals surface area (Å²) in [4.78, 5) is 4.14. The smallest absolute Gasteiger partial charge is 0.201 e. The summed E-state index contributed by atoms with van der Waals surface area (Å²) in [6.45, 7) is 0.539. The SMILES string of the molecule is Nc1nc2cc(F)c(Br)cc2n1Cc1ccoc1. The molecule has 0 aliphatic heterocycles. The Kier molecular flexibility index (Phi) is 2.59. The molecule has 0 saturated heterocycles. The van der Waals surface area contributed by atoms with Gasteiger partial charge >= 0.3 is 0 Å². The van der Waals surface area contributed by atoms with Crippen molar-refractivity contribution >= 4 is 32.9 Å². The minimum Gasteiger partial charge on any atom is -0.472 e. The molecule has 6 heteroatoms. The summed E-state index contributed by atoms with van der Waals surface area (Å²) in [7, 11) is 0. The third-order valence-electron chi connectivity index (χ3n) is 2.74. The molecule has 0 fully saturated rings. The van der Waals surface area contributed by atoms with Crippen LogP contribution in [-0.2, 0) is 6.54 Å². The number of rotatable bonds is 2. The number of furan rings is 1. The predicted molar refractivity (Wildman–Crippen MR) is 69.6 cm³/mol. The number of hydrogen-bond donors (Lipinski definition) is 1. The summed E-state index contributed by atoms with van der Waals surface area (Å²) in [5, 5.41) is 0. The van der Waals surface area contributed by atoms with E-state index in [1.54, 1.807) is 18.6 Å². The van der Waals surface area contributed by atoms with Crippen molar-refractivity contribution in [1.82, 2.24) is 9.55 Å². The van der Waals surface area contributed by atoms with E-state index < -0.39 is 0 Å². The van der Waals surface area contributed by atoms with Gasteiger partial charge in [0.15, 0.2) is 0 Å². The average Bonchev–Trinajstić information content (AvgIpc) is 2.92. The largest absolute Gasteiger partial charge is 0.472 e. The van der Waals surface area contributed by atoms with Gasteiger partial charge in [-0.3, -0.25) is 0 Å². The van der Waals surface area contributed by atoms with E-state index >= 15 is 0 Å². The van der Waals surface area contributed by atoms with Gasteiger partial charge in [0.25, 0.3) is 0 Å². The predicted octanol–water partition coefficient (Wildman–Crippen LogP) is 3.16. The molecule has 4 nitrogen and oxygen atoms in total. The van der Waals surface area contributed by atoms with E-state index in [0.717, 1.165) is 11.1 Å². The monoisotopic (exact) mass is 309 g/mol. The number of imidazole rings is 1. The Labute approximate surface area is 110 Å². The van der Waals surface area contributed by atoms with Crippen molar-refractivity contribution in [3.63, 3.8) is 0 Å². The van der Waals surface area contributed by atoms with Crippen molar-refractivity contribution in [1.29, 1.82) is 0 Å². The lowest BCUT2D eigenvalue weighted by molar-refractivity contribution is 0.562. The Morgan fingerprint density at radius 1 is 1.44 bits per heavy atom. The number of anilines is 1. The first kappa shape index (κ1) is 11.3. The van der Waals surface area contributed by atoms with Crippen LogP contribution >= 0.6 is 15.9 Å². The lowest BCUT2D eigenvalue weighted by Gasteiger charge is -2.04. The van der Waals surface area contributed by atoms with Crippen molar-refractivity contribution in [2.45, 2.75) is 6.54 Å². The number of benzene rings is 1. The summed E-state index contributed by atoms with van der Waals surface area (Å²) in [5.74, 6) is -0.000777. The zero-order chi connectivity index (χ0) is 12.7. The zero-order valence-corrected chi connectivity index (χ0v) is 10.8. The van der Waals surface area contributed by atoms with Crippen LogP contribution in [0.2, 0.25) is 0 Å². The maximum atomic E-state index is 13.4. The van der Waals surface area contributed by atoms with Crippen LogP contribution in [0.1, 0.15) is 5.56 Å². The van der Waals surface area contributed by atoms with E-state index in [1.165, 1.54) is 6.07 Å². The third kappa shape index (κ3) is 1.78. The van der Waals surface area contributed by atoms with Gasteiger partial charge in [0, 0.05) is 11.6 Å². The molecule has 2 N–H and O–H groups in total. The van der Waals surface area contributed by atoms with E-state index in [1.807, 2.05) is 10.6 Å². The molecule has 2 aromatic heterocycles. The number of hydrogen-bond acceptors (Lipinski definition) is 3. The Bertz CT molecular complexity index is 706. The van der Waals surface area contributed by atoms with Crippen molar-refractivity contribution in [3.8, 4) is 0 Å². The molecule has 0 radical (unpaired) electrons. The van der Waals surface area contributed by atoms with E-state index in [0.29, 0.717) is 22.5 Å². The van der Waals surface area contributed by atoms with Gasteiger partial charge in [-0.2, -0.15) is 0 Å². The number of halogens is 2. The van der Waals surface area contributed by atoms with Crippen LogP contribution in [0.3, 0.4) is 0 Å². The third-order valence-corrected chi connectivity index (χ3v) is 3.35. The van der Waals surface area contributed by atoms with Crippen molar-refractivity contribution in [3.05, 3.63) is 46.6 Å². The minimum absolute atomic E-state index is 0.351. The molecule has 0 atom stereocenters. The number of aromatic nitrogens is 2. The Morgan fingerprint density at radius 3 is 3.00 bits per heavy atom. The highest BCUT2D eigenvalue weighted by Gasteiger charge is 2.12. The summed E-state index contributed by atoms with van der Waals surface area (Å²) in [6, 6.07) is 4.89. The summed E-state index contributed by atoms with van der Waals surface area (Å²) >= 11 is 3.16. The molecule has 18 heavy (non-hydrogen) atoms. The van der Waals surface area contributed by atoms with Crippen LogP contribution in [0.15, 0.2) is 39.6 Å². The van der Waals surface area contributed by atoms with Gasteiger partial charge in [0.05, 0.1) is 34.6 Å². The van der Waals surface area contributed by atoms with Crippen LogP contribution in [-0.4, -0.2) is 9.55 Å². The molecule has 0 aliphatic rings. The number of nitrogen functional groups attached to an aromatic ring is 1. The van der Waals surface area contributed by atoms with E-state index in [-0.39, 0.29) is 5.82 Å². The molecule has 92 valence electrons. The molecule has 0 bridgehead atoms. The van der Waals surface area contributed by atoms with Crippen LogP contribution < -0.4 is 5.73 Å². The molecule has 1 aromatic carbocycles. The van der Waals surface area contributed by atoms with Crippen LogP contribution in [0, 0.1) is 5.82 Å². The van der Waals surface area contributed by atoms with Gasteiger partial charge in [-0.1, -0.05) is 0 Å². The summed E-state index contributed by atoms with van der Waals surface area (Å²) in [6.07, 6.45) is 3.24. The van der Waals surface area contributed by atoms with Gasteiger partial charge in [-0.15, -0.1) is 0 Å². The normalized spacial score (nSPS) is 11.2. The standard InChI is InChI=1S/C12H9BrFN3O/c13-8-3-11-10(4-9(8)14)16-12(15)17(11)5-7-1-2-18-6-7/h1-4,6H,5H2,(H2,15,16). The second kappa shape index (κ2) is 4.13. The maximum Gasteiger partial charge on any atom is 0.201 e. The highest BCUT2D eigenvalue weighted by molar-refractivity contribution is 9.10. The first-order valence-corrected chi connectivity index (χ1v) is 6.06. The second-order valence-electron chi connectivity index (χ2n) is 3.94. The lowest BCUT2D eigenvalue weighted by atomic mass is 10.3. The average molecular weight is 310 g/mol. The lowest BCUT2D eigenvalue weighted by Crippen LogP contribution is -2.03. The highest BCUT2D eigenvalue weighted by atomic mass is 79.9. The molecule has 0 saturated carbocycles. The topological polar surface area (TPSA) is 57.0 Å². The van der Waals surface area contributed by atoms with Crippen molar-refractivity contribution in [2.75, 3.05) is 5.73 Å². The van der Waals surface area contributed by atoms with Gasteiger partial charge < -0.3 is 14.7 Å². The molecule has 0 aliphatic carbocycles. The van der Waals surface area contributed by atoms with E-state index in [4.69, 9.17) is 10.2 Å². The number of nitrogens with two attached hydrogens (primary N) is 1. The Morgan fingerprint density at radius 2 is 2.28 bits per heavy atom. The van der Waals surface area contributed by atoms with Crippen molar-refractivity contribution < 1.29 is 8.81 Å². The van der Waals surface area contributed by atoms with Crippen LogP contribution in [0.25, 0.3) is 11.0 Å². The fourth-order valence-corrected chi connectivity index (χ4v) is 2.20. The highest BCUT2D eigenvalue weighted by Crippen LogP contribution is 2.25. The summed E-state index contributed by atoms with van der Waals surface area (Å²) in [5.41, 5.74) is 8.15. The second-order valence-corrected chi connectivity index (χ2v) is 4.80.